The molecule has 1 fully saturated rings. The zero-order valence-electron chi connectivity index (χ0n) is 24.2. The third-order valence-electron chi connectivity index (χ3n) is 7.53. The molecule has 3 heterocycles. The molecule has 3 aromatic carbocycles. The number of nitrogens with zero attached hydrogens (tertiary/aromatic N) is 1. The van der Waals surface area contributed by atoms with Crippen LogP contribution in [0.5, 0.6) is 17.2 Å². The van der Waals surface area contributed by atoms with Gasteiger partial charge in [-0.15, -0.1) is 0 Å². The van der Waals surface area contributed by atoms with Crippen molar-refractivity contribution in [3.8, 4) is 17.2 Å². The van der Waals surface area contributed by atoms with Crippen LogP contribution >= 0.6 is 23.1 Å². The number of primary sulfonamides is 1. The molecule has 0 aliphatic carbocycles. The average Bonchev–Trinajstić information content (AvgIpc) is 3.53. The Balaban J connectivity index is 1.25. The number of sulfonamides is 1. The van der Waals surface area contributed by atoms with Crippen LogP contribution in [-0.4, -0.2) is 57.2 Å². The summed E-state index contributed by atoms with van der Waals surface area (Å²) in [6.07, 6.45) is 0. The first-order valence-corrected chi connectivity index (χ1v) is 16.9. The Kier molecular flexibility index (Phi) is 8.37. The van der Waals surface area contributed by atoms with E-state index < -0.39 is 45.5 Å². The number of thiazole rings is 1. The van der Waals surface area contributed by atoms with E-state index in [1.807, 2.05) is 0 Å². The summed E-state index contributed by atoms with van der Waals surface area (Å²) < 4.78 is 39.4. The molecule has 238 valence electrons. The fraction of sp³-hybridized carbons (Fsp3) is 0.200. The van der Waals surface area contributed by atoms with Gasteiger partial charge in [-0.05, 0) is 66.2 Å². The number of carbonyl (C=O) groups is 3. The number of hydrogen-bond donors (Lipinski definition) is 3. The lowest BCUT2D eigenvalue weighted by atomic mass is 9.83. The maximum atomic E-state index is 14.0. The van der Waals surface area contributed by atoms with Crippen molar-refractivity contribution in [2.24, 2.45) is 11.1 Å². The van der Waals surface area contributed by atoms with Crippen molar-refractivity contribution in [3.63, 3.8) is 0 Å². The normalized spacial score (nSPS) is 18.9. The number of nitrogens with one attached hydrogen (secondary N) is 2. The second-order valence-corrected chi connectivity index (χ2v) is 14.0. The molecular weight excluding hydrogens is 657 g/mol. The van der Waals surface area contributed by atoms with Crippen LogP contribution in [0.4, 0.5) is 11.4 Å². The fourth-order valence-electron chi connectivity index (χ4n) is 5.43. The van der Waals surface area contributed by atoms with E-state index in [-0.39, 0.29) is 27.2 Å². The number of H-pyrrole nitrogens is 1. The van der Waals surface area contributed by atoms with Gasteiger partial charge in [0.2, 0.25) is 21.8 Å². The van der Waals surface area contributed by atoms with Gasteiger partial charge in [0.15, 0.2) is 18.1 Å². The van der Waals surface area contributed by atoms with Gasteiger partial charge in [0.25, 0.3) is 5.91 Å². The van der Waals surface area contributed by atoms with Crippen LogP contribution in [0.2, 0.25) is 0 Å². The van der Waals surface area contributed by atoms with Crippen LogP contribution in [0.15, 0.2) is 81.4 Å². The Hall–Kier alpha value is -4.64. The number of imide groups is 1. The van der Waals surface area contributed by atoms with Crippen molar-refractivity contribution in [1.82, 2.24) is 4.98 Å². The predicted octanol–water partition coefficient (Wildman–Crippen LogP) is 2.91. The molecule has 13 nitrogen and oxygen atoms in total. The van der Waals surface area contributed by atoms with Gasteiger partial charge in [-0.25, -0.2) is 18.5 Å². The van der Waals surface area contributed by atoms with E-state index in [2.05, 4.69) is 10.3 Å². The minimum Gasteiger partial charge on any atom is -0.497 e. The first-order chi connectivity index (χ1) is 22.0. The molecule has 3 atom stereocenters. The summed E-state index contributed by atoms with van der Waals surface area (Å²) in [5.74, 6) is -1.65. The van der Waals surface area contributed by atoms with Crippen molar-refractivity contribution < 1.29 is 37.0 Å². The molecule has 4 aromatic rings. The quantitative estimate of drug-likeness (QED) is 0.222. The fourth-order valence-corrected chi connectivity index (χ4v) is 8.46. The van der Waals surface area contributed by atoms with Crippen LogP contribution in [0.3, 0.4) is 0 Å². The van der Waals surface area contributed by atoms with Crippen molar-refractivity contribution in [2.45, 2.75) is 21.1 Å². The summed E-state index contributed by atoms with van der Waals surface area (Å²) in [6.45, 7) is -0.398. The molecule has 46 heavy (non-hydrogen) atoms. The lowest BCUT2D eigenvalue weighted by Crippen LogP contribution is -2.32. The lowest BCUT2D eigenvalue weighted by Gasteiger charge is -2.30. The number of benzene rings is 3. The van der Waals surface area contributed by atoms with E-state index in [1.165, 1.54) is 55.1 Å². The van der Waals surface area contributed by atoms with Crippen molar-refractivity contribution in [2.75, 3.05) is 31.0 Å². The molecule has 6 rings (SSSR count). The van der Waals surface area contributed by atoms with Crippen LogP contribution < -0.4 is 34.4 Å². The standard InChI is InChI=1S/C30H26N4O9S3/c1-41-18-8-6-17(7-9-18)34-28(36)24-23(25-27(33-30(38)45-25)44-26(24)29(34)37)15-3-12-20(21(13-15)42-2)43-14-22(35)32-16-4-10-19(11-5-16)46(31,39)40/h3-13,23-24,26H,14H2,1-2H3,(H,32,35)(H,33,38)(H2,31,39,40)/t23-,24-,26+/m0/s1. The molecule has 4 N–H and O–H groups in total. The van der Waals surface area contributed by atoms with E-state index in [4.69, 9.17) is 19.3 Å². The number of aromatic amines is 1. The maximum absolute atomic E-state index is 14.0. The molecule has 1 aromatic heterocycles. The monoisotopic (exact) mass is 682 g/mol. The van der Waals surface area contributed by atoms with Gasteiger partial charge < -0.3 is 24.5 Å². The summed E-state index contributed by atoms with van der Waals surface area (Å²) in [5, 5.41) is 7.47. The average molecular weight is 683 g/mol. The molecule has 16 heteroatoms. The number of thioether (sulfide) groups is 1. The molecular formula is C30H26N4O9S3. The van der Waals surface area contributed by atoms with Crippen LogP contribution in [0.1, 0.15) is 16.4 Å². The van der Waals surface area contributed by atoms with E-state index >= 15 is 0 Å². The number of methoxy groups -OCH3 is 2. The first kappa shape index (κ1) is 31.3. The highest BCUT2D eigenvalue weighted by molar-refractivity contribution is 8.00. The van der Waals surface area contributed by atoms with Crippen LogP contribution in [0.25, 0.3) is 0 Å². The minimum absolute atomic E-state index is 0.0920. The molecule has 3 amide bonds. The Bertz CT molecular complexity index is 2010. The molecule has 2 aliphatic rings. The molecule has 0 spiro atoms. The zero-order valence-corrected chi connectivity index (χ0v) is 26.7. The number of amides is 3. The maximum Gasteiger partial charge on any atom is 0.305 e. The highest BCUT2D eigenvalue weighted by atomic mass is 32.2. The summed E-state index contributed by atoms with van der Waals surface area (Å²) in [4.78, 5) is 56.8. The minimum atomic E-state index is -3.87. The smallest absolute Gasteiger partial charge is 0.305 e. The summed E-state index contributed by atoms with van der Waals surface area (Å²) in [6, 6.07) is 16.9. The van der Waals surface area contributed by atoms with Gasteiger partial charge in [0, 0.05) is 16.5 Å². The van der Waals surface area contributed by atoms with Crippen LogP contribution in [-0.2, 0) is 24.4 Å². The first-order valence-electron chi connectivity index (χ1n) is 13.6. The van der Waals surface area contributed by atoms with E-state index in [0.717, 1.165) is 11.3 Å². The molecule has 0 saturated carbocycles. The van der Waals surface area contributed by atoms with Crippen LogP contribution in [0, 0.1) is 5.92 Å². The number of nitrogens with two attached hydrogens (primary N) is 1. The molecule has 0 unspecified atom stereocenters. The van der Waals surface area contributed by atoms with Crippen molar-refractivity contribution in [3.05, 3.63) is 86.8 Å². The second-order valence-electron chi connectivity index (χ2n) is 10.3. The highest BCUT2D eigenvalue weighted by Gasteiger charge is 2.56. The molecule has 0 bridgehead atoms. The summed E-state index contributed by atoms with van der Waals surface area (Å²) in [5.41, 5.74) is 1.38. The van der Waals surface area contributed by atoms with E-state index in [1.54, 1.807) is 42.5 Å². The Morgan fingerprint density at radius 1 is 0.957 bits per heavy atom. The number of aromatic nitrogens is 1. The summed E-state index contributed by atoms with van der Waals surface area (Å²) in [7, 11) is -0.920. The summed E-state index contributed by atoms with van der Waals surface area (Å²) >= 11 is 2.16. The largest absolute Gasteiger partial charge is 0.497 e. The molecule has 1 saturated heterocycles. The van der Waals surface area contributed by atoms with Gasteiger partial charge in [0.1, 0.15) is 11.0 Å². The van der Waals surface area contributed by atoms with Gasteiger partial charge in [0.05, 0.1) is 35.7 Å². The number of fused-ring (bicyclic) bond motifs is 2. The molecule has 2 aliphatic heterocycles. The van der Waals surface area contributed by atoms with Gasteiger partial charge in [-0.3, -0.25) is 19.2 Å². The molecule has 0 radical (unpaired) electrons. The van der Waals surface area contributed by atoms with Crippen molar-refractivity contribution in [1.29, 1.82) is 0 Å². The third kappa shape index (κ3) is 5.87. The van der Waals surface area contributed by atoms with Crippen molar-refractivity contribution >= 4 is 62.2 Å². The number of carbonyl (C=O) groups excluding carboxylic acids is 3. The van der Waals surface area contributed by atoms with E-state index in [0.29, 0.717) is 32.6 Å². The number of ether oxygens (including phenoxy) is 3. The third-order valence-corrected chi connectivity index (χ3v) is 10.9. The number of hydrogen-bond acceptors (Lipinski definition) is 11. The Morgan fingerprint density at radius 3 is 2.33 bits per heavy atom. The van der Waals surface area contributed by atoms with Gasteiger partial charge >= 0.3 is 4.87 Å². The number of rotatable bonds is 9. The Labute approximate surface area is 270 Å². The zero-order chi connectivity index (χ0) is 32.7. The Morgan fingerprint density at radius 2 is 1.67 bits per heavy atom. The van der Waals surface area contributed by atoms with Gasteiger partial charge in [-0.2, -0.15) is 0 Å². The second kappa shape index (κ2) is 12.3. The van der Waals surface area contributed by atoms with Gasteiger partial charge in [-0.1, -0.05) is 29.2 Å². The SMILES string of the molecule is COc1ccc(N2C(=O)[C@H]3[C@H](c4ccc(OCC(=O)Nc5ccc(S(N)(=O)=O)cc5)c(OC)c4)c4sc(=O)[nH]c4S[C@H]3C2=O)cc1. The predicted molar refractivity (Wildman–Crippen MR) is 170 cm³/mol. The lowest BCUT2D eigenvalue weighted by molar-refractivity contribution is -0.122. The number of anilines is 2. The highest BCUT2D eigenvalue weighted by Crippen LogP contribution is 2.53. The topological polar surface area (TPSA) is 187 Å². The van der Waals surface area contributed by atoms with E-state index in [9.17, 15) is 27.6 Å².